The van der Waals surface area contributed by atoms with Crippen LogP contribution in [0.2, 0.25) is 0 Å². The molecule has 6 nitrogen and oxygen atoms in total. The molecule has 0 unspecified atom stereocenters. The number of hydrogen-bond acceptors (Lipinski definition) is 4. The lowest BCUT2D eigenvalue weighted by Crippen LogP contribution is -2.42. The lowest BCUT2D eigenvalue weighted by molar-refractivity contribution is -0.139. The number of nitrogens with one attached hydrogen (secondary N) is 2. The van der Waals surface area contributed by atoms with Crippen molar-refractivity contribution in [1.82, 2.24) is 10.6 Å². The summed E-state index contributed by atoms with van der Waals surface area (Å²) < 4.78 is 5.63. The zero-order chi connectivity index (χ0) is 14.4. The molecule has 108 valence electrons. The molecule has 0 aliphatic carbocycles. The van der Waals surface area contributed by atoms with Gasteiger partial charge in [-0.1, -0.05) is 24.3 Å². The molecule has 0 fully saturated rings. The monoisotopic (exact) mass is 278 g/mol. The summed E-state index contributed by atoms with van der Waals surface area (Å²) in [5.41, 5.74) is 2.26. The smallest absolute Gasteiger partial charge is 0.309 e. The van der Waals surface area contributed by atoms with Gasteiger partial charge in [0.15, 0.2) is 0 Å². The first-order valence-electron chi connectivity index (χ1n) is 6.58. The van der Waals surface area contributed by atoms with Gasteiger partial charge in [-0.2, -0.15) is 0 Å². The Bertz CT molecular complexity index is 490. The maximum atomic E-state index is 11.5. The van der Waals surface area contributed by atoms with E-state index < -0.39 is 11.8 Å². The van der Waals surface area contributed by atoms with Gasteiger partial charge in [0.2, 0.25) is 0 Å². The molecule has 20 heavy (non-hydrogen) atoms. The van der Waals surface area contributed by atoms with Gasteiger partial charge in [0, 0.05) is 13.1 Å². The number of amides is 2. The second-order valence-electron chi connectivity index (χ2n) is 4.50. The molecule has 1 aliphatic rings. The van der Waals surface area contributed by atoms with Crippen molar-refractivity contribution in [3.63, 3.8) is 0 Å². The van der Waals surface area contributed by atoms with Crippen molar-refractivity contribution in [1.29, 1.82) is 0 Å². The largest absolute Gasteiger partial charge is 0.395 e. The summed E-state index contributed by atoms with van der Waals surface area (Å²) in [6.45, 7) is 0.726. The van der Waals surface area contributed by atoms with Crippen molar-refractivity contribution in [3.8, 4) is 0 Å². The Kier molecular flexibility index (Phi) is 5.09. The van der Waals surface area contributed by atoms with Crippen molar-refractivity contribution in [3.05, 3.63) is 35.4 Å². The molecule has 0 spiro atoms. The van der Waals surface area contributed by atoms with Gasteiger partial charge in [-0.3, -0.25) is 9.59 Å². The van der Waals surface area contributed by atoms with Gasteiger partial charge in [-0.05, 0) is 17.5 Å². The highest BCUT2D eigenvalue weighted by Crippen LogP contribution is 2.25. The van der Waals surface area contributed by atoms with E-state index in [9.17, 15) is 9.59 Å². The molecule has 0 bridgehead atoms. The van der Waals surface area contributed by atoms with Gasteiger partial charge in [0.05, 0.1) is 13.2 Å². The van der Waals surface area contributed by atoms with Crippen LogP contribution in [0.15, 0.2) is 24.3 Å². The van der Waals surface area contributed by atoms with E-state index in [1.165, 1.54) is 5.56 Å². The molecule has 1 atom stereocenters. The van der Waals surface area contributed by atoms with Crippen LogP contribution in [-0.4, -0.2) is 43.2 Å². The number of aliphatic hydroxyl groups is 1. The van der Waals surface area contributed by atoms with Gasteiger partial charge in [-0.25, -0.2) is 0 Å². The summed E-state index contributed by atoms with van der Waals surface area (Å²) in [4.78, 5) is 22.9. The van der Waals surface area contributed by atoms with Gasteiger partial charge in [-0.15, -0.1) is 0 Å². The molecular formula is C14H18N2O4. The zero-order valence-corrected chi connectivity index (χ0v) is 11.1. The van der Waals surface area contributed by atoms with Crippen LogP contribution in [0.5, 0.6) is 0 Å². The molecule has 0 aromatic heterocycles. The van der Waals surface area contributed by atoms with Crippen LogP contribution in [0.4, 0.5) is 0 Å². The lowest BCUT2D eigenvalue weighted by Gasteiger charge is -2.26. The van der Waals surface area contributed by atoms with Crippen molar-refractivity contribution in [2.45, 2.75) is 12.5 Å². The molecule has 1 aromatic rings. The van der Waals surface area contributed by atoms with Crippen LogP contribution in [0, 0.1) is 0 Å². The first-order chi connectivity index (χ1) is 9.72. The molecule has 6 heteroatoms. The van der Waals surface area contributed by atoms with E-state index in [2.05, 4.69) is 10.6 Å². The molecule has 2 amide bonds. The predicted molar refractivity (Wildman–Crippen MR) is 71.9 cm³/mol. The fraction of sp³-hybridized carbons (Fsp3) is 0.429. The number of benzene rings is 1. The number of hydrogen-bond donors (Lipinski definition) is 3. The first kappa shape index (κ1) is 14.5. The van der Waals surface area contributed by atoms with E-state index in [0.29, 0.717) is 6.61 Å². The van der Waals surface area contributed by atoms with Crippen LogP contribution in [0.1, 0.15) is 17.2 Å². The van der Waals surface area contributed by atoms with E-state index in [1.807, 2.05) is 24.3 Å². The number of rotatable bonds is 4. The Labute approximate surface area is 117 Å². The van der Waals surface area contributed by atoms with Gasteiger partial charge < -0.3 is 20.5 Å². The maximum absolute atomic E-state index is 11.5. The average Bonchev–Trinajstić information content (AvgIpc) is 2.50. The minimum Gasteiger partial charge on any atom is -0.395 e. The predicted octanol–water partition coefficient (Wildman–Crippen LogP) is -0.475. The summed E-state index contributed by atoms with van der Waals surface area (Å²) in [7, 11) is 0. The normalized spacial score (nSPS) is 17.1. The average molecular weight is 278 g/mol. The SMILES string of the molecule is O=C(NCCO)C(=O)NC[C@H]1OCCc2ccccc21. The third kappa shape index (κ3) is 3.55. The van der Waals surface area contributed by atoms with E-state index in [4.69, 9.17) is 9.84 Å². The third-order valence-corrected chi connectivity index (χ3v) is 3.14. The lowest BCUT2D eigenvalue weighted by atomic mass is 9.97. The first-order valence-corrected chi connectivity index (χ1v) is 6.58. The molecular weight excluding hydrogens is 260 g/mol. The fourth-order valence-corrected chi connectivity index (χ4v) is 2.16. The van der Waals surface area contributed by atoms with Gasteiger partial charge in [0.1, 0.15) is 6.10 Å². The standard InChI is InChI=1S/C14H18N2O4/c17-7-6-15-13(18)14(19)16-9-12-11-4-2-1-3-10(11)5-8-20-12/h1-4,12,17H,5-9H2,(H,15,18)(H,16,19)/t12-/m1/s1. The Morgan fingerprint density at radius 3 is 2.80 bits per heavy atom. The highest BCUT2D eigenvalue weighted by atomic mass is 16.5. The van der Waals surface area contributed by atoms with E-state index >= 15 is 0 Å². The van der Waals surface area contributed by atoms with Gasteiger partial charge in [0.25, 0.3) is 0 Å². The van der Waals surface area contributed by atoms with Crippen molar-refractivity contribution in [2.24, 2.45) is 0 Å². The summed E-state index contributed by atoms with van der Waals surface area (Å²) in [6.07, 6.45) is 0.631. The van der Waals surface area contributed by atoms with Crippen LogP contribution >= 0.6 is 0 Å². The summed E-state index contributed by atoms with van der Waals surface area (Å²) >= 11 is 0. The molecule has 3 N–H and O–H groups in total. The number of carbonyl (C=O) groups excluding carboxylic acids is 2. The highest BCUT2D eigenvalue weighted by Gasteiger charge is 2.22. The molecule has 2 rings (SSSR count). The summed E-state index contributed by atoms with van der Waals surface area (Å²) in [6, 6.07) is 7.91. The number of carbonyl (C=O) groups is 2. The minimum atomic E-state index is -0.747. The minimum absolute atomic E-state index is 0.0645. The Morgan fingerprint density at radius 2 is 2.00 bits per heavy atom. The molecule has 1 aliphatic heterocycles. The maximum Gasteiger partial charge on any atom is 0.309 e. The van der Waals surface area contributed by atoms with Crippen molar-refractivity contribution < 1.29 is 19.4 Å². The van der Waals surface area contributed by atoms with Crippen molar-refractivity contribution >= 4 is 11.8 Å². The Morgan fingerprint density at radius 1 is 1.25 bits per heavy atom. The molecule has 0 radical (unpaired) electrons. The summed E-state index contributed by atoms with van der Waals surface area (Å²) in [5.74, 6) is -1.46. The second-order valence-corrected chi connectivity index (χ2v) is 4.50. The topological polar surface area (TPSA) is 87.7 Å². The van der Waals surface area contributed by atoms with Crippen LogP contribution in [-0.2, 0) is 20.7 Å². The molecule has 1 heterocycles. The zero-order valence-electron chi connectivity index (χ0n) is 11.1. The fourth-order valence-electron chi connectivity index (χ4n) is 2.16. The van der Waals surface area contributed by atoms with Crippen LogP contribution in [0.3, 0.4) is 0 Å². The molecule has 0 saturated carbocycles. The van der Waals surface area contributed by atoms with Crippen molar-refractivity contribution in [2.75, 3.05) is 26.3 Å². The second kappa shape index (κ2) is 7.02. The van der Waals surface area contributed by atoms with E-state index in [-0.39, 0.29) is 25.8 Å². The summed E-state index contributed by atoms with van der Waals surface area (Å²) in [5, 5.41) is 13.4. The van der Waals surface area contributed by atoms with Crippen LogP contribution < -0.4 is 10.6 Å². The molecule has 0 saturated heterocycles. The van der Waals surface area contributed by atoms with Crippen LogP contribution in [0.25, 0.3) is 0 Å². The Hall–Kier alpha value is -1.92. The van der Waals surface area contributed by atoms with E-state index in [0.717, 1.165) is 12.0 Å². The van der Waals surface area contributed by atoms with Gasteiger partial charge >= 0.3 is 11.8 Å². The quantitative estimate of drug-likeness (QED) is 0.650. The molecule has 1 aromatic carbocycles. The highest BCUT2D eigenvalue weighted by molar-refractivity contribution is 6.35. The third-order valence-electron chi connectivity index (χ3n) is 3.14. The number of ether oxygens (including phenoxy) is 1. The Balaban J connectivity index is 1.89. The van der Waals surface area contributed by atoms with E-state index in [1.54, 1.807) is 0 Å². The number of fused-ring (bicyclic) bond motifs is 1. The number of aliphatic hydroxyl groups excluding tert-OH is 1.